The van der Waals surface area contributed by atoms with Crippen molar-refractivity contribution in [2.45, 2.75) is 4.90 Å². The van der Waals surface area contributed by atoms with Gasteiger partial charge in [-0.2, -0.15) is 0 Å². The van der Waals surface area contributed by atoms with Crippen molar-refractivity contribution < 1.29 is 36.2 Å². The predicted molar refractivity (Wildman–Crippen MR) is 34.4 cm³/mol. The molecule has 1 rings (SSSR count). The molecule has 0 amide bonds. The van der Waals surface area contributed by atoms with Crippen LogP contribution >= 0.6 is 0 Å². The second-order valence-corrected chi connectivity index (χ2v) is 3.29. The number of hydrogen-bond acceptors (Lipinski definition) is 3. The van der Waals surface area contributed by atoms with Crippen LogP contribution in [0.15, 0.2) is 29.2 Å². The molecule has 0 spiro atoms. The topological polar surface area (TPSA) is 57.2 Å². The average molecular weight is 182 g/mol. The Bertz CT molecular complexity index is 363. The molecule has 1 aromatic rings. The van der Waals surface area contributed by atoms with Crippen LogP contribution in [0.5, 0.6) is 0 Å². The van der Waals surface area contributed by atoms with Crippen LogP contribution in [0.4, 0.5) is 4.39 Å². The van der Waals surface area contributed by atoms with Gasteiger partial charge in [0.1, 0.15) is 15.9 Å². The first kappa shape index (κ1) is 11.7. The average Bonchev–Trinajstić information content (AvgIpc) is 1.86. The smallest absolute Gasteiger partial charge is 0.744 e. The Labute approximate surface area is 81.5 Å². The summed E-state index contributed by atoms with van der Waals surface area (Å²) in [5, 5.41) is 0. The number of halogens is 1. The second kappa shape index (κ2) is 4.05. The first-order valence-electron chi connectivity index (χ1n) is 2.71. The fourth-order valence-electron chi connectivity index (χ4n) is 0.623. The van der Waals surface area contributed by atoms with Gasteiger partial charge in [-0.25, -0.2) is 12.8 Å². The largest absolute Gasteiger partial charge is 1.00 e. The van der Waals surface area contributed by atoms with Crippen LogP contribution in [-0.2, 0) is 10.1 Å². The molecular weight excluding hydrogens is 178 g/mol. The van der Waals surface area contributed by atoms with Crippen molar-refractivity contribution in [2.75, 3.05) is 0 Å². The molecule has 12 heavy (non-hydrogen) atoms. The summed E-state index contributed by atoms with van der Waals surface area (Å²) in [4.78, 5) is -0.544. The number of hydrogen-bond donors (Lipinski definition) is 0. The summed E-state index contributed by atoms with van der Waals surface area (Å²) < 4.78 is 43.1. The van der Waals surface area contributed by atoms with Gasteiger partial charge in [0.25, 0.3) is 0 Å². The quantitative estimate of drug-likeness (QED) is 0.363. The minimum atomic E-state index is -4.52. The summed E-state index contributed by atoms with van der Waals surface area (Å²) in [6.45, 7) is 0. The molecule has 0 heterocycles. The Balaban J connectivity index is 0.00000121. The Morgan fingerprint density at radius 2 is 1.92 bits per heavy atom. The van der Waals surface area contributed by atoms with E-state index in [-0.39, 0.29) is 18.9 Å². The van der Waals surface area contributed by atoms with E-state index in [9.17, 15) is 17.4 Å². The molecule has 3 nitrogen and oxygen atoms in total. The molecule has 6 heteroatoms. The van der Waals surface area contributed by atoms with Crippen LogP contribution in [0, 0.1) is 5.82 Å². The Morgan fingerprint density at radius 3 is 2.25 bits per heavy atom. The minimum Gasteiger partial charge on any atom is -0.744 e. The van der Waals surface area contributed by atoms with Gasteiger partial charge >= 0.3 is 18.9 Å². The van der Waals surface area contributed by atoms with E-state index in [0.717, 1.165) is 12.1 Å². The molecule has 0 bridgehead atoms. The molecule has 0 aliphatic heterocycles. The van der Waals surface area contributed by atoms with E-state index >= 15 is 0 Å². The number of benzene rings is 1. The van der Waals surface area contributed by atoms with E-state index in [2.05, 4.69) is 0 Å². The summed E-state index contributed by atoms with van der Waals surface area (Å²) in [5.41, 5.74) is 0. The summed E-state index contributed by atoms with van der Waals surface area (Å²) in [7, 11) is -4.52. The SMILES string of the molecule is O=S(=O)([O-])c1cccc(F)c1.[Li+]. The first-order chi connectivity index (χ1) is 5.00. The third kappa shape index (κ3) is 2.95. The molecule has 0 fully saturated rings. The maximum Gasteiger partial charge on any atom is 1.00 e. The van der Waals surface area contributed by atoms with E-state index in [0.29, 0.717) is 6.07 Å². The van der Waals surface area contributed by atoms with Gasteiger partial charge in [-0.1, -0.05) is 6.07 Å². The molecule has 0 N–H and O–H groups in total. The molecule has 60 valence electrons. The van der Waals surface area contributed by atoms with Gasteiger partial charge in [0.05, 0.1) is 4.90 Å². The molecule has 0 saturated heterocycles. The van der Waals surface area contributed by atoms with E-state index < -0.39 is 20.8 Å². The van der Waals surface area contributed by atoms with Crippen LogP contribution in [0.3, 0.4) is 0 Å². The number of rotatable bonds is 1. The van der Waals surface area contributed by atoms with Gasteiger partial charge < -0.3 is 4.55 Å². The van der Waals surface area contributed by atoms with Crippen molar-refractivity contribution in [2.24, 2.45) is 0 Å². The Kier molecular flexibility index (Phi) is 3.94. The molecule has 1 aromatic carbocycles. The molecule has 0 atom stereocenters. The Morgan fingerprint density at radius 1 is 1.33 bits per heavy atom. The molecule has 0 aliphatic carbocycles. The van der Waals surface area contributed by atoms with Crippen LogP contribution in [-0.4, -0.2) is 13.0 Å². The Hall–Kier alpha value is -0.343. The predicted octanol–water partition coefficient (Wildman–Crippen LogP) is -2.27. The second-order valence-electron chi connectivity index (χ2n) is 1.91. The van der Waals surface area contributed by atoms with E-state index in [4.69, 9.17) is 0 Å². The zero-order valence-electron chi connectivity index (χ0n) is 6.32. The maximum atomic E-state index is 12.3. The standard InChI is InChI=1S/C6H5FO3S.Li/c7-5-2-1-3-6(4-5)11(8,9)10;/h1-4H,(H,8,9,10);/q;+1/p-1. The minimum absolute atomic E-state index is 0. The van der Waals surface area contributed by atoms with Crippen molar-refractivity contribution in [3.05, 3.63) is 30.1 Å². The molecular formula is C6H4FLiO3S. The zero-order valence-corrected chi connectivity index (χ0v) is 7.14. The summed E-state index contributed by atoms with van der Waals surface area (Å²) in [6, 6.07) is 3.96. The molecule has 0 aliphatic rings. The van der Waals surface area contributed by atoms with E-state index in [1.165, 1.54) is 6.07 Å². The third-order valence-electron chi connectivity index (χ3n) is 1.08. The van der Waals surface area contributed by atoms with Gasteiger partial charge in [-0.15, -0.1) is 0 Å². The maximum absolute atomic E-state index is 12.3. The van der Waals surface area contributed by atoms with E-state index in [1.54, 1.807) is 0 Å². The monoisotopic (exact) mass is 182 g/mol. The van der Waals surface area contributed by atoms with Crippen molar-refractivity contribution in [1.82, 2.24) is 0 Å². The summed E-state index contributed by atoms with van der Waals surface area (Å²) in [6.07, 6.45) is 0. The van der Waals surface area contributed by atoms with Gasteiger partial charge in [0.15, 0.2) is 0 Å². The molecule has 0 unspecified atom stereocenters. The summed E-state index contributed by atoms with van der Waals surface area (Å²) in [5.74, 6) is -0.734. The van der Waals surface area contributed by atoms with Gasteiger partial charge in [0, 0.05) is 0 Å². The molecule has 0 radical (unpaired) electrons. The van der Waals surface area contributed by atoms with Crippen molar-refractivity contribution >= 4 is 10.1 Å². The molecule has 0 aromatic heterocycles. The third-order valence-corrected chi connectivity index (χ3v) is 1.92. The zero-order chi connectivity index (χ0) is 8.48. The fourth-order valence-corrected chi connectivity index (χ4v) is 1.12. The first-order valence-corrected chi connectivity index (χ1v) is 4.12. The summed E-state index contributed by atoms with van der Waals surface area (Å²) >= 11 is 0. The van der Waals surface area contributed by atoms with E-state index in [1.807, 2.05) is 0 Å². The fraction of sp³-hybridized carbons (Fsp3) is 0. The van der Waals surface area contributed by atoms with Crippen molar-refractivity contribution in [3.63, 3.8) is 0 Å². The van der Waals surface area contributed by atoms with Crippen LogP contribution in [0.25, 0.3) is 0 Å². The van der Waals surface area contributed by atoms with Crippen molar-refractivity contribution in [3.8, 4) is 0 Å². The van der Waals surface area contributed by atoms with Crippen LogP contribution < -0.4 is 18.9 Å². The molecule has 0 saturated carbocycles. The normalized spacial score (nSPS) is 10.5. The van der Waals surface area contributed by atoms with Gasteiger partial charge in [-0.3, -0.25) is 0 Å². The van der Waals surface area contributed by atoms with Crippen LogP contribution in [0.2, 0.25) is 0 Å². The van der Waals surface area contributed by atoms with Gasteiger partial charge in [0.2, 0.25) is 0 Å². The van der Waals surface area contributed by atoms with Crippen molar-refractivity contribution in [1.29, 1.82) is 0 Å². The van der Waals surface area contributed by atoms with Crippen LogP contribution in [0.1, 0.15) is 0 Å². The van der Waals surface area contributed by atoms with Gasteiger partial charge in [-0.05, 0) is 18.2 Å².